The lowest BCUT2D eigenvalue weighted by atomic mass is 10.1. The predicted octanol–water partition coefficient (Wildman–Crippen LogP) is 4.72. The molecule has 0 saturated carbocycles. The van der Waals surface area contributed by atoms with Crippen molar-refractivity contribution in [2.45, 2.75) is 34.1 Å². The molecule has 0 aliphatic rings. The van der Waals surface area contributed by atoms with Gasteiger partial charge in [0.05, 0.1) is 10.2 Å². The first kappa shape index (κ1) is 13.7. The van der Waals surface area contributed by atoms with Crippen molar-refractivity contribution in [3.8, 4) is 0 Å². The van der Waals surface area contributed by atoms with E-state index in [9.17, 15) is 0 Å². The molecule has 0 aliphatic heterocycles. The number of hydrazone groups is 1. The minimum atomic E-state index is 0.867. The molecule has 1 aromatic heterocycles. The van der Waals surface area contributed by atoms with Crippen molar-refractivity contribution in [3.05, 3.63) is 20.8 Å². The molecule has 0 unspecified atom stereocenters. The summed E-state index contributed by atoms with van der Waals surface area (Å²) in [7, 11) is 0. The molecule has 0 fully saturated rings. The fourth-order valence-corrected chi connectivity index (χ4v) is 3.49. The lowest BCUT2D eigenvalue weighted by molar-refractivity contribution is 1.20. The molecule has 2 rings (SSSR count). The zero-order valence-corrected chi connectivity index (χ0v) is 13.9. The fraction of sp³-hybridized carbons (Fsp3) is 0.385. The Hall–Kier alpha value is -0.690. The van der Waals surface area contributed by atoms with Crippen LogP contribution in [0.15, 0.2) is 11.2 Å². The molecule has 1 aromatic carbocycles. The lowest BCUT2D eigenvalue weighted by Crippen LogP contribution is -1.94. The van der Waals surface area contributed by atoms with Gasteiger partial charge < -0.3 is 0 Å². The van der Waals surface area contributed by atoms with Crippen LogP contribution in [0, 0.1) is 17.4 Å². The molecule has 0 bridgehead atoms. The Balaban J connectivity index is 2.44. The maximum Gasteiger partial charge on any atom is 0.204 e. The highest BCUT2D eigenvalue weighted by Gasteiger charge is 2.10. The van der Waals surface area contributed by atoms with E-state index in [1.54, 1.807) is 11.3 Å². The standard InChI is InChI=1S/C13H16IN3S/c1-5-8(3)16-17-13-15-11-7(2)6-10(14)9(4)12(11)18-13/h6H,5H2,1-4H3,(H,15,17)/b16-8+. The van der Waals surface area contributed by atoms with Gasteiger partial charge in [-0.15, -0.1) is 0 Å². The van der Waals surface area contributed by atoms with E-state index in [0.29, 0.717) is 0 Å². The third-order valence-corrected chi connectivity index (χ3v) is 5.10. The quantitative estimate of drug-likeness (QED) is 0.480. The Morgan fingerprint density at radius 3 is 2.89 bits per heavy atom. The monoisotopic (exact) mass is 373 g/mol. The molecule has 0 aliphatic carbocycles. The number of nitrogens with zero attached hydrogens (tertiary/aromatic N) is 2. The second-order valence-electron chi connectivity index (χ2n) is 4.31. The summed E-state index contributed by atoms with van der Waals surface area (Å²) in [6.07, 6.45) is 0.952. The molecule has 0 atom stereocenters. The lowest BCUT2D eigenvalue weighted by Gasteiger charge is -2.01. The minimum absolute atomic E-state index is 0.867. The van der Waals surface area contributed by atoms with Crippen LogP contribution in [0.25, 0.3) is 10.2 Å². The van der Waals surface area contributed by atoms with Gasteiger partial charge in [-0.05, 0) is 67.0 Å². The summed E-state index contributed by atoms with van der Waals surface area (Å²) >= 11 is 4.05. The maximum absolute atomic E-state index is 4.62. The average Bonchev–Trinajstić information content (AvgIpc) is 2.78. The second-order valence-corrected chi connectivity index (χ2v) is 6.47. The summed E-state index contributed by atoms with van der Waals surface area (Å²) in [5.74, 6) is 0. The van der Waals surface area contributed by atoms with Crippen LogP contribution >= 0.6 is 33.9 Å². The van der Waals surface area contributed by atoms with Gasteiger partial charge in [-0.3, -0.25) is 5.43 Å². The van der Waals surface area contributed by atoms with E-state index in [2.05, 4.69) is 64.9 Å². The highest BCUT2D eigenvalue weighted by molar-refractivity contribution is 14.1. The summed E-state index contributed by atoms with van der Waals surface area (Å²) in [6, 6.07) is 2.18. The molecule has 1 heterocycles. The number of hydrogen-bond acceptors (Lipinski definition) is 4. The van der Waals surface area contributed by atoms with E-state index in [1.165, 1.54) is 19.4 Å². The molecule has 0 amide bonds. The number of thiazole rings is 1. The summed E-state index contributed by atoms with van der Waals surface area (Å²) in [6.45, 7) is 8.36. The first-order valence-electron chi connectivity index (χ1n) is 5.88. The SMILES string of the molecule is CC/C(C)=N/Nc1nc2c(C)cc(I)c(C)c2s1. The number of aryl methyl sites for hydroxylation is 2. The highest BCUT2D eigenvalue weighted by atomic mass is 127. The zero-order chi connectivity index (χ0) is 13.3. The molecule has 96 valence electrons. The van der Waals surface area contributed by atoms with Gasteiger partial charge in [0.25, 0.3) is 0 Å². The smallest absolute Gasteiger partial charge is 0.204 e. The van der Waals surface area contributed by atoms with E-state index in [0.717, 1.165) is 22.8 Å². The van der Waals surface area contributed by atoms with Crippen LogP contribution < -0.4 is 5.43 Å². The van der Waals surface area contributed by atoms with Gasteiger partial charge in [-0.1, -0.05) is 18.3 Å². The number of fused-ring (bicyclic) bond motifs is 1. The predicted molar refractivity (Wildman–Crippen MR) is 88.8 cm³/mol. The zero-order valence-electron chi connectivity index (χ0n) is 11.0. The van der Waals surface area contributed by atoms with Crippen molar-refractivity contribution in [2.24, 2.45) is 5.10 Å². The van der Waals surface area contributed by atoms with Crippen LogP contribution in [0.2, 0.25) is 0 Å². The maximum atomic E-state index is 4.62. The van der Waals surface area contributed by atoms with Crippen molar-refractivity contribution in [1.29, 1.82) is 0 Å². The third kappa shape index (κ3) is 2.66. The topological polar surface area (TPSA) is 37.3 Å². The molecule has 18 heavy (non-hydrogen) atoms. The molecular weight excluding hydrogens is 357 g/mol. The minimum Gasteiger partial charge on any atom is -0.253 e. The van der Waals surface area contributed by atoms with Gasteiger partial charge >= 0.3 is 0 Å². The Morgan fingerprint density at radius 1 is 1.50 bits per heavy atom. The number of benzene rings is 1. The molecule has 2 aromatic rings. The van der Waals surface area contributed by atoms with Crippen LogP contribution in [0.5, 0.6) is 0 Å². The second kappa shape index (κ2) is 5.52. The Morgan fingerprint density at radius 2 is 2.22 bits per heavy atom. The van der Waals surface area contributed by atoms with Gasteiger partial charge in [0.2, 0.25) is 5.13 Å². The van der Waals surface area contributed by atoms with Crippen LogP contribution in [-0.2, 0) is 0 Å². The number of nitrogens with one attached hydrogen (secondary N) is 1. The number of hydrogen-bond donors (Lipinski definition) is 1. The first-order valence-corrected chi connectivity index (χ1v) is 7.77. The van der Waals surface area contributed by atoms with E-state index < -0.39 is 0 Å². The molecule has 0 saturated heterocycles. The van der Waals surface area contributed by atoms with Crippen molar-refractivity contribution in [1.82, 2.24) is 4.98 Å². The molecule has 0 spiro atoms. The number of halogens is 1. The first-order chi connectivity index (χ1) is 8.52. The van der Waals surface area contributed by atoms with E-state index in [-0.39, 0.29) is 0 Å². The summed E-state index contributed by atoms with van der Waals surface area (Å²) < 4.78 is 2.55. The number of aromatic nitrogens is 1. The van der Waals surface area contributed by atoms with E-state index in [4.69, 9.17) is 0 Å². The van der Waals surface area contributed by atoms with Gasteiger partial charge in [0.1, 0.15) is 0 Å². The Labute approximate surface area is 125 Å². The van der Waals surface area contributed by atoms with Crippen LogP contribution in [0.3, 0.4) is 0 Å². The van der Waals surface area contributed by atoms with Crippen molar-refractivity contribution in [2.75, 3.05) is 5.43 Å². The van der Waals surface area contributed by atoms with Crippen molar-refractivity contribution >= 4 is 55.0 Å². The van der Waals surface area contributed by atoms with Gasteiger partial charge in [-0.25, -0.2) is 4.98 Å². The van der Waals surface area contributed by atoms with E-state index in [1.807, 2.05) is 6.92 Å². The largest absolute Gasteiger partial charge is 0.253 e. The number of rotatable bonds is 3. The van der Waals surface area contributed by atoms with Crippen LogP contribution in [0.1, 0.15) is 31.4 Å². The Bertz CT molecular complexity index is 616. The molecule has 1 N–H and O–H groups in total. The van der Waals surface area contributed by atoms with Gasteiger partial charge in [-0.2, -0.15) is 5.10 Å². The van der Waals surface area contributed by atoms with Crippen LogP contribution in [0.4, 0.5) is 5.13 Å². The molecular formula is C13H16IN3S. The summed E-state index contributed by atoms with van der Waals surface area (Å²) in [5, 5.41) is 5.17. The van der Waals surface area contributed by atoms with E-state index >= 15 is 0 Å². The van der Waals surface area contributed by atoms with Crippen LogP contribution in [-0.4, -0.2) is 10.7 Å². The van der Waals surface area contributed by atoms with Gasteiger partial charge in [0, 0.05) is 9.28 Å². The Kier molecular flexibility index (Phi) is 4.21. The number of anilines is 1. The third-order valence-electron chi connectivity index (χ3n) is 2.90. The summed E-state index contributed by atoms with van der Waals surface area (Å²) in [5.41, 5.74) is 7.75. The summed E-state index contributed by atoms with van der Waals surface area (Å²) in [4.78, 5) is 4.62. The fourth-order valence-electron chi connectivity index (χ4n) is 1.59. The highest BCUT2D eigenvalue weighted by Crippen LogP contribution is 2.33. The van der Waals surface area contributed by atoms with Crippen molar-refractivity contribution in [3.63, 3.8) is 0 Å². The molecule has 3 nitrogen and oxygen atoms in total. The molecule has 0 radical (unpaired) electrons. The normalized spacial score (nSPS) is 12.2. The molecule has 5 heteroatoms. The average molecular weight is 373 g/mol. The van der Waals surface area contributed by atoms with Gasteiger partial charge in [0.15, 0.2) is 0 Å². The van der Waals surface area contributed by atoms with Crippen molar-refractivity contribution < 1.29 is 0 Å².